The monoisotopic (exact) mass is 311 g/mol. The Balaban J connectivity index is 0.00000112. The predicted octanol–water partition coefficient (Wildman–Crippen LogP) is -0.665. The van der Waals surface area contributed by atoms with E-state index < -0.39 is 0 Å². The third kappa shape index (κ3) is 3.63. The molecule has 0 aliphatic rings. The summed E-state index contributed by atoms with van der Waals surface area (Å²) in [6.45, 7) is 3.06. The Hall–Kier alpha value is -0.900. The molecular weight excluding hydrogens is 297 g/mol. The fraction of sp³-hybridized carbons (Fsp3) is 0.154. The largest absolute Gasteiger partial charge is 1.00 e. The third-order valence-electron chi connectivity index (χ3n) is 2.21. The molecule has 1 aromatic heterocycles. The zero-order valence-electron chi connectivity index (χ0n) is 8.73. The molecule has 2 aromatic rings. The minimum absolute atomic E-state index is 0. The summed E-state index contributed by atoms with van der Waals surface area (Å²) in [5, 5.41) is 0. The average molecular weight is 311 g/mol. The Labute approximate surface area is 108 Å². The topological polar surface area (TPSA) is 3.88 Å². The Kier molecular flexibility index (Phi) is 4.75. The van der Waals surface area contributed by atoms with E-state index in [-0.39, 0.29) is 24.0 Å². The molecular formula is C13H14IN. The first-order valence-corrected chi connectivity index (χ1v) is 4.84. The fourth-order valence-corrected chi connectivity index (χ4v) is 1.55. The lowest BCUT2D eigenvalue weighted by Gasteiger charge is -1.97. The highest BCUT2D eigenvalue weighted by Gasteiger charge is 2.00. The first-order valence-electron chi connectivity index (χ1n) is 4.84. The molecule has 0 aliphatic heterocycles. The summed E-state index contributed by atoms with van der Waals surface area (Å²) in [7, 11) is 0. The molecule has 0 radical (unpaired) electrons. The molecule has 0 saturated carbocycles. The zero-order chi connectivity index (χ0) is 9.80. The quantitative estimate of drug-likeness (QED) is 0.512. The fourth-order valence-electron chi connectivity index (χ4n) is 1.55. The molecule has 1 nitrogen and oxygen atoms in total. The van der Waals surface area contributed by atoms with Gasteiger partial charge in [-0.25, -0.2) is 4.57 Å². The molecule has 0 unspecified atom stereocenters. The molecule has 0 N–H and O–H groups in total. The normalized spacial score (nSPS) is 9.40. The van der Waals surface area contributed by atoms with Gasteiger partial charge in [0.25, 0.3) is 0 Å². The van der Waals surface area contributed by atoms with Crippen LogP contribution in [0, 0.1) is 6.92 Å². The van der Waals surface area contributed by atoms with Crippen molar-refractivity contribution < 1.29 is 28.5 Å². The molecule has 0 fully saturated rings. The number of aromatic nitrogens is 1. The number of halogens is 1. The molecule has 15 heavy (non-hydrogen) atoms. The van der Waals surface area contributed by atoms with Gasteiger partial charge in [0.05, 0.1) is 0 Å². The van der Waals surface area contributed by atoms with Crippen molar-refractivity contribution in [2.45, 2.75) is 13.5 Å². The molecule has 0 saturated heterocycles. The lowest BCUT2D eigenvalue weighted by Crippen LogP contribution is -3.00. The van der Waals surface area contributed by atoms with Crippen LogP contribution in [0.15, 0.2) is 54.9 Å². The Bertz CT molecular complexity index is 412. The van der Waals surface area contributed by atoms with Crippen molar-refractivity contribution in [1.82, 2.24) is 0 Å². The second kappa shape index (κ2) is 5.85. The molecule has 2 heteroatoms. The van der Waals surface area contributed by atoms with Gasteiger partial charge >= 0.3 is 0 Å². The van der Waals surface area contributed by atoms with Crippen molar-refractivity contribution in [2.24, 2.45) is 0 Å². The standard InChI is InChI=1S/C13H14N.HI/c1-12-6-5-9-14(10-12)11-13-7-3-2-4-8-13;/h2-10H,11H2,1H3;1H/q+1;/p-1. The van der Waals surface area contributed by atoms with Crippen LogP contribution < -0.4 is 28.5 Å². The van der Waals surface area contributed by atoms with E-state index in [0.29, 0.717) is 0 Å². The first-order chi connectivity index (χ1) is 6.84. The minimum Gasteiger partial charge on any atom is -1.00 e. The summed E-state index contributed by atoms with van der Waals surface area (Å²) in [5.74, 6) is 0. The Morgan fingerprint density at radius 3 is 2.40 bits per heavy atom. The SMILES string of the molecule is Cc1ccc[n+](Cc2ccccc2)c1.[I-]. The van der Waals surface area contributed by atoms with Gasteiger partial charge in [0.15, 0.2) is 18.9 Å². The lowest BCUT2D eigenvalue weighted by molar-refractivity contribution is -0.688. The molecule has 0 atom stereocenters. The van der Waals surface area contributed by atoms with Gasteiger partial charge < -0.3 is 24.0 Å². The Morgan fingerprint density at radius 2 is 1.73 bits per heavy atom. The first kappa shape index (κ1) is 12.2. The summed E-state index contributed by atoms with van der Waals surface area (Å²) >= 11 is 0. The summed E-state index contributed by atoms with van der Waals surface area (Å²) in [6, 6.07) is 14.7. The van der Waals surface area contributed by atoms with Gasteiger partial charge in [0, 0.05) is 17.2 Å². The van der Waals surface area contributed by atoms with Crippen molar-refractivity contribution in [2.75, 3.05) is 0 Å². The van der Waals surface area contributed by atoms with E-state index in [0.717, 1.165) is 6.54 Å². The summed E-state index contributed by atoms with van der Waals surface area (Å²) in [5.41, 5.74) is 2.63. The van der Waals surface area contributed by atoms with Gasteiger partial charge in [0.1, 0.15) is 0 Å². The molecule has 78 valence electrons. The highest BCUT2D eigenvalue weighted by atomic mass is 127. The van der Waals surface area contributed by atoms with Crippen molar-refractivity contribution in [3.8, 4) is 0 Å². The molecule has 1 aromatic carbocycles. The van der Waals surface area contributed by atoms with Crippen LogP contribution in [0.3, 0.4) is 0 Å². The van der Waals surface area contributed by atoms with Crippen LogP contribution in [-0.4, -0.2) is 0 Å². The molecule has 2 rings (SSSR count). The van der Waals surface area contributed by atoms with Crippen molar-refractivity contribution in [3.05, 3.63) is 66.0 Å². The van der Waals surface area contributed by atoms with Gasteiger partial charge in [-0.3, -0.25) is 0 Å². The van der Waals surface area contributed by atoms with Gasteiger partial charge in [-0.1, -0.05) is 30.3 Å². The van der Waals surface area contributed by atoms with E-state index in [4.69, 9.17) is 0 Å². The lowest BCUT2D eigenvalue weighted by atomic mass is 10.2. The van der Waals surface area contributed by atoms with Crippen LogP contribution in [0.4, 0.5) is 0 Å². The maximum atomic E-state index is 2.20. The summed E-state index contributed by atoms with van der Waals surface area (Å²) < 4.78 is 2.20. The average Bonchev–Trinajstić information content (AvgIpc) is 2.19. The number of rotatable bonds is 2. The van der Waals surface area contributed by atoms with E-state index in [2.05, 4.69) is 60.3 Å². The smallest absolute Gasteiger partial charge is 0.173 e. The van der Waals surface area contributed by atoms with Crippen LogP contribution >= 0.6 is 0 Å². The second-order valence-corrected chi connectivity index (χ2v) is 3.54. The molecule has 1 heterocycles. The molecule has 0 bridgehead atoms. The van der Waals surface area contributed by atoms with Crippen molar-refractivity contribution in [3.63, 3.8) is 0 Å². The highest BCUT2D eigenvalue weighted by Crippen LogP contribution is 1.98. The number of aryl methyl sites for hydroxylation is 1. The van der Waals surface area contributed by atoms with Gasteiger partial charge in [0.2, 0.25) is 0 Å². The van der Waals surface area contributed by atoms with Gasteiger partial charge in [-0.15, -0.1) is 0 Å². The van der Waals surface area contributed by atoms with E-state index >= 15 is 0 Å². The van der Waals surface area contributed by atoms with Crippen molar-refractivity contribution in [1.29, 1.82) is 0 Å². The third-order valence-corrected chi connectivity index (χ3v) is 2.21. The van der Waals surface area contributed by atoms with E-state index in [1.807, 2.05) is 6.07 Å². The Morgan fingerprint density at radius 1 is 1.00 bits per heavy atom. The maximum absolute atomic E-state index is 2.20. The van der Waals surface area contributed by atoms with E-state index in [1.54, 1.807) is 0 Å². The van der Waals surface area contributed by atoms with Crippen LogP contribution in [0.5, 0.6) is 0 Å². The maximum Gasteiger partial charge on any atom is 0.173 e. The number of nitrogens with zero attached hydrogens (tertiary/aromatic N) is 1. The minimum atomic E-state index is 0. The van der Waals surface area contributed by atoms with Gasteiger partial charge in [-0.05, 0) is 13.0 Å². The summed E-state index contributed by atoms with van der Waals surface area (Å²) in [4.78, 5) is 0. The summed E-state index contributed by atoms with van der Waals surface area (Å²) in [6.07, 6.45) is 4.26. The van der Waals surface area contributed by atoms with Crippen LogP contribution in [0.1, 0.15) is 11.1 Å². The van der Waals surface area contributed by atoms with Crippen LogP contribution in [0.2, 0.25) is 0 Å². The molecule has 0 spiro atoms. The number of pyridine rings is 1. The van der Waals surface area contributed by atoms with E-state index in [9.17, 15) is 0 Å². The molecule has 0 amide bonds. The van der Waals surface area contributed by atoms with Crippen LogP contribution in [-0.2, 0) is 6.54 Å². The zero-order valence-corrected chi connectivity index (χ0v) is 10.9. The van der Waals surface area contributed by atoms with Crippen LogP contribution in [0.25, 0.3) is 0 Å². The predicted molar refractivity (Wildman–Crippen MR) is 56.9 cm³/mol. The van der Waals surface area contributed by atoms with Crippen molar-refractivity contribution >= 4 is 0 Å². The number of hydrogen-bond acceptors (Lipinski definition) is 0. The molecule has 0 aliphatic carbocycles. The second-order valence-electron chi connectivity index (χ2n) is 3.54. The number of benzene rings is 1. The highest BCUT2D eigenvalue weighted by molar-refractivity contribution is 5.13. The van der Waals surface area contributed by atoms with E-state index in [1.165, 1.54) is 11.1 Å². The number of hydrogen-bond donors (Lipinski definition) is 0. The van der Waals surface area contributed by atoms with Gasteiger partial charge in [-0.2, -0.15) is 0 Å².